The molecule has 5 aromatic carbocycles. The molecule has 46 heavy (non-hydrogen) atoms. The minimum atomic E-state index is 0.371. The summed E-state index contributed by atoms with van der Waals surface area (Å²) in [6.07, 6.45) is 8.46. The highest BCUT2D eigenvalue weighted by molar-refractivity contribution is 5.99. The van der Waals surface area contributed by atoms with Gasteiger partial charge in [0.25, 0.3) is 0 Å². The predicted octanol–water partition coefficient (Wildman–Crippen LogP) is 10.0. The van der Waals surface area contributed by atoms with Crippen molar-refractivity contribution in [3.8, 4) is 51.4 Å². The summed E-state index contributed by atoms with van der Waals surface area (Å²) < 4.78 is 0. The second kappa shape index (κ2) is 10.7. The van der Waals surface area contributed by atoms with Gasteiger partial charge in [-0.05, 0) is 113 Å². The van der Waals surface area contributed by atoms with Crippen molar-refractivity contribution in [2.24, 2.45) is 17.8 Å². The minimum absolute atomic E-state index is 0.371. The highest BCUT2D eigenvalue weighted by Gasteiger charge is 2.51. The van der Waals surface area contributed by atoms with Gasteiger partial charge in [-0.25, -0.2) is 15.0 Å². The van der Waals surface area contributed by atoms with Crippen LogP contribution in [0.25, 0.3) is 56.1 Å². The molecule has 0 aliphatic heterocycles. The van der Waals surface area contributed by atoms with Gasteiger partial charge < -0.3 is 0 Å². The molecular weight excluding hydrogens is 560 g/mol. The second-order valence-electron chi connectivity index (χ2n) is 13.9. The van der Waals surface area contributed by atoms with E-state index in [4.69, 9.17) is 15.0 Å². The Balaban J connectivity index is 1.19. The van der Waals surface area contributed by atoms with Crippen LogP contribution in [-0.4, -0.2) is 15.0 Å². The number of aromatic nitrogens is 3. The monoisotopic (exact) mass is 594 g/mol. The lowest BCUT2D eigenvalue weighted by Crippen LogP contribution is -2.48. The third-order valence-electron chi connectivity index (χ3n) is 10.9. The molecule has 4 heteroatoms. The Morgan fingerprint density at radius 2 is 1.11 bits per heavy atom. The fourth-order valence-corrected chi connectivity index (χ4v) is 9.20. The molecule has 0 saturated heterocycles. The molecule has 1 heterocycles. The van der Waals surface area contributed by atoms with Crippen molar-refractivity contribution in [1.82, 2.24) is 15.0 Å². The number of fused-ring (bicyclic) bond motifs is 1. The van der Waals surface area contributed by atoms with E-state index in [-0.39, 0.29) is 0 Å². The Bertz CT molecular complexity index is 2030. The van der Waals surface area contributed by atoms with Crippen molar-refractivity contribution >= 4 is 10.8 Å². The molecule has 4 fully saturated rings. The lowest BCUT2D eigenvalue weighted by Gasteiger charge is -2.57. The maximum atomic E-state index is 9.76. The van der Waals surface area contributed by atoms with Crippen LogP contribution in [-0.2, 0) is 5.41 Å². The minimum Gasteiger partial charge on any atom is -0.208 e. The highest BCUT2D eigenvalue weighted by Crippen LogP contribution is 2.60. The van der Waals surface area contributed by atoms with Crippen molar-refractivity contribution in [1.29, 1.82) is 5.26 Å². The van der Waals surface area contributed by atoms with E-state index in [1.807, 2.05) is 78.9 Å². The molecule has 222 valence electrons. The maximum absolute atomic E-state index is 9.76. The Kier molecular flexibility index (Phi) is 6.35. The van der Waals surface area contributed by atoms with Crippen LogP contribution in [0.4, 0.5) is 0 Å². The van der Waals surface area contributed by atoms with Gasteiger partial charge >= 0.3 is 0 Å². The van der Waals surface area contributed by atoms with E-state index in [1.165, 1.54) is 49.7 Å². The van der Waals surface area contributed by atoms with Crippen LogP contribution in [0.5, 0.6) is 0 Å². The average Bonchev–Trinajstić information content (AvgIpc) is 3.11. The van der Waals surface area contributed by atoms with E-state index >= 15 is 0 Å². The molecule has 6 aromatic rings. The van der Waals surface area contributed by atoms with Crippen molar-refractivity contribution < 1.29 is 0 Å². The Morgan fingerprint density at radius 3 is 1.67 bits per heavy atom. The van der Waals surface area contributed by atoms with Gasteiger partial charge in [-0.1, -0.05) is 91.0 Å². The highest BCUT2D eigenvalue weighted by atomic mass is 15.0. The fourth-order valence-electron chi connectivity index (χ4n) is 9.20. The molecule has 4 aliphatic carbocycles. The summed E-state index contributed by atoms with van der Waals surface area (Å²) in [6.45, 7) is 0. The summed E-state index contributed by atoms with van der Waals surface area (Å²) in [7, 11) is 0. The van der Waals surface area contributed by atoms with E-state index < -0.39 is 0 Å². The first-order valence-electron chi connectivity index (χ1n) is 16.6. The third-order valence-corrected chi connectivity index (χ3v) is 10.9. The number of benzene rings is 5. The van der Waals surface area contributed by atoms with Gasteiger partial charge in [0.15, 0.2) is 17.5 Å². The summed E-state index contributed by atoms with van der Waals surface area (Å²) in [5, 5.41) is 11.8. The summed E-state index contributed by atoms with van der Waals surface area (Å²) in [4.78, 5) is 15.0. The van der Waals surface area contributed by atoms with E-state index in [0.717, 1.165) is 50.8 Å². The number of nitriles is 1. The van der Waals surface area contributed by atoms with Gasteiger partial charge in [-0.3, -0.25) is 0 Å². The molecule has 10 rings (SSSR count). The van der Waals surface area contributed by atoms with Crippen LogP contribution in [0, 0.1) is 29.1 Å². The number of nitrogens with zero attached hydrogens (tertiary/aromatic N) is 4. The second-order valence-corrected chi connectivity index (χ2v) is 13.9. The molecule has 0 atom stereocenters. The molecule has 1 aromatic heterocycles. The predicted molar refractivity (Wildman–Crippen MR) is 184 cm³/mol. The van der Waals surface area contributed by atoms with Gasteiger partial charge in [0.1, 0.15) is 0 Å². The van der Waals surface area contributed by atoms with E-state index in [0.29, 0.717) is 28.5 Å². The molecule has 0 amide bonds. The quantitative estimate of drug-likeness (QED) is 0.199. The van der Waals surface area contributed by atoms with Crippen LogP contribution >= 0.6 is 0 Å². The molecule has 4 saturated carbocycles. The molecule has 4 aliphatic rings. The van der Waals surface area contributed by atoms with Crippen LogP contribution in [0.3, 0.4) is 0 Å². The van der Waals surface area contributed by atoms with E-state index in [1.54, 1.807) is 0 Å². The first-order chi connectivity index (χ1) is 22.6. The maximum Gasteiger partial charge on any atom is 0.164 e. The van der Waals surface area contributed by atoms with Crippen molar-refractivity contribution in [3.05, 3.63) is 126 Å². The zero-order valence-electron chi connectivity index (χ0n) is 25.7. The summed E-state index contributed by atoms with van der Waals surface area (Å²) in [6, 6.07) is 42.2. The molecule has 0 unspecified atom stereocenters. The van der Waals surface area contributed by atoms with E-state index in [2.05, 4.69) is 42.5 Å². The van der Waals surface area contributed by atoms with Crippen LogP contribution in [0.1, 0.15) is 49.7 Å². The molecule has 4 nitrogen and oxygen atoms in total. The van der Waals surface area contributed by atoms with Crippen LogP contribution < -0.4 is 0 Å². The molecule has 0 N–H and O–H groups in total. The first-order valence-corrected chi connectivity index (χ1v) is 16.6. The van der Waals surface area contributed by atoms with Gasteiger partial charge in [0, 0.05) is 16.7 Å². The van der Waals surface area contributed by atoms with Crippen molar-refractivity contribution in [2.75, 3.05) is 0 Å². The summed E-state index contributed by atoms with van der Waals surface area (Å²) >= 11 is 0. The van der Waals surface area contributed by atoms with Crippen LogP contribution in [0.2, 0.25) is 0 Å². The van der Waals surface area contributed by atoms with Gasteiger partial charge in [-0.15, -0.1) is 0 Å². The topological polar surface area (TPSA) is 62.5 Å². The third kappa shape index (κ3) is 4.70. The largest absolute Gasteiger partial charge is 0.208 e. The standard InChI is InChI=1S/C42H34N4/c43-26-27-11-16-37-35(20-27)21-34(31-12-14-36(15-13-31)42-23-28-17-29(24-42)19-30(18-28)25-42)22-38(37)41-45-39(32-7-3-1-4-8-32)44-40(46-41)33-9-5-2-6-10-33/h1-16,20-22,28-30H,17-19,23-25H2/t28-,29-,30-,42?. The average molecular weight is 595 g/mol. The molecular formula is C42H34N4. The van der Waals surface area contributed by atoms with Gasteiger partial charge in [0.05, 0.1) is 11.6 Å². The number of hydrogen-bond acceptors (Lipinski definition) is 4. The SMILES string of the molecule is N#Cc1ccc2c(-c3nc(-c4ccccc4)nc(-c4ccccc4)n3)cc(-c3ccc(C45C[C@H]6C[C@H](C4)C[C@@H](C5)C6)cc3)cc2c1. The molecule has 0 radical (unpaired) electrons. The smallest absolute Gasteiger partial charge is 0.164 e. The summed E-state index contributed by atoms with van der Waals surface area (Å²) in [5.41, 5.74) is 7.61. The molecule has 0 spiro atoms. The number of hydrogen-bond donors (Lipinski definition) is 0. The fraction of sp³-hybridized carbons (Fsp3) is 0.238. The zero-order valence-corrected chi connectivity index (χ0v) is 25.7. The van der Waals surface area contributed by atoms with E-state index in [9.17, 15) is 5.26 Å². The van der Waals surface area contributed by atoms with Crippen molar-refractivity contribution in [3.63, 3.8) is 0 Å². The zero-order chi connectivity index (χ0) is 30.7. The number of rotatable bonds is 5. The summed E-state index contributed by atoms with van der Waals surface area (Å²) in [5.74, 6) is 4.66. The van der Waals surface area contributed by atoms with Crippen molar-refractivity contribution in [2.45, 2.75) is 43.9 Å². The normalized spacial score (nSPS) is 23.0. The molecule has 4 bridgehead atoms. The Morgan fingerprint density at radius 1 is 0.543 bits per heavy atom. The Hall–Kier alpha value is -5.14. The Labute approximate surface area is 269 Å². The lowest BCUT2D eigenvalue weighted by molar-refractivity contribution is -0.00518. The van der Waals surface area contributed by atoms with Gasteiger partial charge in [-0.2, -0.15) is 5.26 Å². The first kappa shape index (κ1) is 27.2. The lowest BCUT2D eigenvalue weighted by atomic mass is 9.48. The van der Waals surface area contributed by atoms with Crippen LogP contribution in [0.15, 0.2) is 115 Å². The van der Waals surface area contributed by atoms with Gasteiger partial charge in [0.2, 0.25) is 0 Å².